The average molecular weight is 241 g/mol. The number of halogens is 2. The lowest BCUT2D eigenvalue weighted by Crippen LogP contribution is -2.09. The van der Waals surface area contributed by atoms with Crippen LogP contribution in [-0.4, -0.2) is 24.0 Å². The summed E-state index contributed by atoms with van der Waals surface area (Å²) in [7, 11) is 0. The number of hydrogen-bond donors (Lipinski definition) is 1. The predicted octanol–water partition coefficient (Wildman–Crippen LogP) is 1.67. The van der Waals surface area contributed by atoms with Crippen LogP contribution in [0.4, 0.5) is 8.78 Å². The number of aldehydes is 1. The van der Waals surface area contributed by atoms with Crippen LogP contribution in [0.1, 0.15) is 26.3 Å². The van der Waals surface area contributed by atoms with Gasteiger partial charge in [0, 0.05) is 0 Å². The Balaban J connectivity index is 3.45. The van der Waals surface area contributed by atoms with Gasteiger partial charge in [-0.05, 0) is 12.1 Å². The molecule has 1 rings (SSSR count). The highest BCUT2D eigenvalue weighted by Crippen LogP contribution is 2.25. The second kappa shape index (κ2) is 5.03. The Kier molecular flexibility index (Phi) is 3.72. The molecule has 0 aliphatic rings. The number of carbonyl (C=O) groups excluding carboxylic acids is 1. The van der Waals surface area contributed by atoms with Crippen molar-refractivity contribution in [2.45, 2.75) is 6.61 Å². The number of alkyl halides is 2. The quantitative estimate of drug-likeness (QED) is 0.810. The Morgan fingerprint density at radius 2 is 2.18 bits per heavy atom. The molecule has 0 atom stereocenters. The van der Waals surface area contributed by atoms with E-state index in [0.717, 1.165) is 12.1 Å². The molecule has 1 N–H and O–H groups in total. The summed E-state index contributed by atoms with van der Waals surface area (Å²) in [6.45, 7) is -3.22. The molecule has 7 heteroatoms. The number of aromatic carboxylic acids is 1. The van der Waals surface area contributed by atoms with Gasteiger partial charge < -0.3 is 9.84 Å². The van der Waals surface area contributed by atoms with E-state index < -0.39 is 29.5 Å². The van der Waals surface area contributed by atoms with Crippen molar-refractivity contribution < 1.29 is 28.2 Å². The van der Waals surface area contributed by atoms with Crippen molar-refractivity contribution in [2.24, 2.45) is 0 Å². The highest BCUT2D eigenvalue weighted by atomic mass is 19.3. The van der Waals surface area contributed by atoms with Crippen molar-refractivity contribution >= 4 is 12.3 Å². The number of carboxylic acid groups (broad SMARTS) is 1. The third-order valence-corrected chi connectivity index (χ3v) is 1.84. The number of carbonyl (C=O) groups is 2. The van der Waals surface area contributed by atoms with Crippen molar-refractivity contribution in [1.82, 2.24) is 0 Å². The fraction of sp³-hybridized carbons (Fsp3) is 0.100. The molecule has 0 spiro atoms. The normalized spacial score (nSPS) is 9.76. The Labute approximate surface area is 93.8 Å². The second-order valence-electron chi connectivity index (χ2n) is 2.85. The lowest BCUT2D eigenvalue weighted by molar-refractivity contribution is -0.0501. The number of benzene rings is 1. The van der Waals surface area contributed by atoms with E-state index in [4.69, 9.17) is 10.4 Å². The molecule has 0 saturated carbocycles. The van der Waals surface area contributed by atoms with Crippen LogP contribution in [0.5, 0.6) is 5.75 Å². The van der Waals surface area contributed by atoms with Gasteiger partial charge in [0.2, 0.25) is 0 Å². The highest BCUT2D eigenvalue weighted by Gasteiger charge is 2.19. The molecule has 17 heavy (non-hydrogen) atoms. The van der Waals surface area contributed by atoms with E-state index in [1.54, 1.807) is 6.07 Å². The van der Waals surface area contributed by atoms with Gasteiger partial charge in [0.1, 0.15) is 5.75 Å². The SMILES string of the molecule is N#Cc1cc(OC(F)F)c(C=O)c(C(=O)O)c1. The summed E-state index contributed by atoms with van der Waals surface area (Å²) in [5.74, 6) is -2.14. The summed E-state index contributed by atoms with van der Waals surface area (Å²) in [4.78, 5) is 21.4. The Bertz CT molecular complexity index is 508. The van der Waals surface area contributed by atoms with Crippen molar-refractivity contribution in [2.75, 3.05) is 0 Å². The van der Waals surface area contributed by atoms with Crippen molar-refractivity contribution in [3.05, 3.63) is 28.8 Å². The Hall–Kier alpha value is -2.49. The van der Waals surface area contributed by atoms with Gasteiger partial charge in [-0.2, -0.15) is 14.0 Å². The maximum absolute atomic E-state index is 12.0. The fourth-order valence-electron chi connectivity index (χ4n) is 1.18. The zero-order valence-corrected chi connectivity index (χ0v) is 8.18. The minimum atomic E-state index is -3.22. The van der Waals surface area contributed by atoms with Gasteiger partial charge in [-0.25, -0.2) is 4.79 Å². The molecular formula is C10H5F2NO4. The van der Waals surface area contributed by atoms with Crippen LogP contribution in [0, 0.1) is 11.3 Å². The topological polar surface area (TPSA) is 87.4 Å². The molecule has 0 saturated heterocycles. The summed E-state index contributed by atoms with van der Waals surface area (Å²) in [5.41, 5.74) is -1.28. The molecule has 0 unspecified atom stereocenters. The number of nitriles is 1. The Morgan fingerprint density at radius 1 is 1.53 bits per heavy atom. The molecule has 0 amide bonds. The van der Waals surface area contributed by atoms with Crippen LogP contribution in [0.3, 0.4) is 0 Å². The summed E-state index contributed by atoms with van der Waals surface area (Å²) < 4.78 is 28.1. The van der Waals surface area contributed by atoms with Crippen LogP contribution in [-0.2, 0) is 0 Å². The van der Waals surface area contributed by atoms with Crippen molar-refractivity contribution in [3.63, 3.8) is 0 Å². The van der Waals surface area contributed by atoms with Gasteiger partial charge in [-0.3, -0.25) is 4.79 Å². The number of hydrogen-bond acceptors (Lipinski definition) is 4. The van der Waals surface area contributed by atoms with Crippen LogP contribution < -0.4 is 4.74 Å². The number of carboxylic acids is 1. The molecular weight excluding hydrogens is 236 g/mol. The van der Waals surface area contributed by atoms with E-state index in [2.05, 4.69) is 4.74 Å². The standard InChI is InChI=1S/C10H5F2NO4/c11-10(12)17-8-2-5(3-13)1-6(9(15)16)7(8)4-14/h1-2,4,10H,(H,15,16). The zero-order valence-electron chi connectivity index (χ0n) is 8.18. The summed E-state index contributed by atoms with van der Waals surface area (Å²) in [5, 5.41) is 17.4. The molecule has 5 nitrogen and oxygen atoms in total. The Morgan fingerprint density at radius 3 is 2.59 bits per heavy atom. The highest BCUT2D eigenvalue weighted by molar-refractivity contribution is 5.99. The summed E-state index contributed by atoms with van der Waals surface area (Å²) in [6.07, 6.45) is 0.0856. The van der Waals surface area contributed by atoms with Crippen LogP contribution >= 0.6 is 0 Å². The van der Waals surface area contributed by atoms with Gasteiger partial charge in [0.25, 0.3) is 0 Å². The van der Waals surface area contributed by atoms with Gasteiger partial charge in [-0.15, -0.1) is 0 Å². The van der Waals surface area contributed by atoms with Crippen LogP contribution in [0.15, 0.2) is 12.1 Å². The van der Waals surface area contributed by atoms with E-state index in [-0.39, 0.29) is 11.8 Å². The lowest BCUT2D eigenvalue weighted by atomic mass is 10.0. The van der Waals surface area contributed by atoms with Gasteiger partial charge in [0.15, 0.2) is 6.29 Å². The van der Waals surface area contributed by atoms with Crippen LogP contribution in [0.25, 0.3) is 0 Å². The molecule has 1 aromatic carbocycles. The summed E-state index contributed by atoms with van der Waals surface area (Å²) in [6, 6.07) is 3.37. The fourth-order valence-corrected chi connectivity index (χ4v) is 1.18. The first-order chi connectivity index (χ1) is 7.99. The maximum atomic E-state index is 12.0. The maximum Gasteiger partial charge on any atom is 0.387 e. The largest absolute Gasteiger partial charge is 0.478 e. The molecule has 0 aliphatic carbocycles. The molecule has 0 bridgehead atoms. The lowest BCUT2D eigenvalue weighted by Gasteiger charge is -2.09. The third kappa shape index (κ3) is 2.75. The first kappa shape index (κ1) is 12.6. The predicted molar refractivity (Wildman–Crippen MR) is 50.1 cm³/mol. The number of rotatable bonds is 4. The molecule has 0 aromatic heterocycles. The molecule has 0 heterocycles. The van der Waals surface area contributed by atoms with Crippen LogP contribution in [0.2, 0.25) is 0 Å². The van der Waals surface area contributed by atoms with Gasteiger partial charge in [-0.1, -0.05) is 0 Å². The molecule has 0 fully saturated rings. The number of ether oxygens (including phenoxy) is 1. The minimum Gasteiger partial charge on any atom is -0.478 e. The van der Waals surface area contributed by atoms with E-state index >= 15 is 0 Å². The van der Waals surface area contributed by atoms with Gasteiger partial charge >= 0.3 is 12.6 Å². The molecule has 0 radical (unpaired) electrons. The minimum absolute atomic E-state index is 0.0856. The van der Waals surface area contributed by atoms with Crippen molar-refractivity contribution in [3.8, 4) is 11.8 Å². The first-order valence-corrected chi connectivity index (χ1v) is 4.21. The number of nitrogens with zero attached hydrogens (tertiary/aromatic N) is 1. The monoisotopic (exact) mass is 241 g/mol. The van der Waals surface area contributed by atoms with Gasteiger partial charge in [0.05, 0.1) is 22.8 Å². The van der Waals surface area contributed by atoms with E-state index in [0.29, 0.717) is 0 Å². The van der Waals surface area contributed by atoms with E-state index in [9.17, 15) is 18.4 Å². The molecule has 88 valence electrons. The summed E-state index contributed by atoms with van der Waals surface area (Å²) >= 11 is 0. The second-order valence-corrected chi connectivity index (χ2v) is 2.85. The zero-order chi connectivity index (χ0) is 13.0. The van der Waals surface area contributed by atoms with E-state index in [1.807, 2.05) is 0 Å². The third-order valence-electron chi connectivity index (χ3n) is 1.84. The molecule has 1 aromatic rings. The molecule has 0 aliphatic heterocycles. The van der Waals surface area contributed by atoms with E-state index in [1.165, 1.54) is 0 Å². The average Bonchev–Trinajstić information content (AvgIpc) is 2.26. The first-order valence-electron chi connectivity index (χ1n) is 4.21. The smallest absolute Gasteiger partial charge is 0.387 e. The van der Waals surface area contributed by atoms with Crippen molar-refractivity contribution in [1.29, 1.82) is 5.26 Å².